The van der Waals surface area contributed by atoms with Gasteiger partial charge in [-0.1, -0.05) is 13.0 Å². The van der Waals surface area contributed by atoms with E-state index in [0.717, 1.165) is 13.0 Å². The van der Waals surface area contributed by atoms with Crippen LogP contribution < -0.4 is 0 Å². The minimum Gasteiger partial charge on any atom is -0.337 e. The van der Waals surface area contributed by atoms with Gasteiger partial charge < -0.3 is 4.90 Å². The van der Waals surface area contributed by atoms with E-state index in [-0.39, 0.29) is 0 Å². The van der Waals surface area contributed by atoms with Gasteiger partial charge in [0.15, 0.2) is 0 Å². The van der Waals surface area contributed by atoms with Gasteiger partial charge in [0, 0.05) is 19.3 Å². The lowest BCUT2D eigenvalue weighted by Crippen LogP contribution is -2.20. The second kappa shape index (κ2) is 4.16. The lowest BCUT2D eigenvalue weighted by atomic mass is 10.2. The predicted molar refractivity (Wildman–Crippen MR) is 48.7 cm³/mol. The van der Waals surface area contributed by atoms with Crippen molar-refractivity contribution in [2.75, 3.05) is 13.6 Å². The highest BCUT2D eigenvalue weighted by atomic mass is 15.2. The summed E-state index contributed by atoms with van der Waals surface area (Å²) < 4.78 is 0. The number of hydrogen-bond donors (Lipinski definition) is 0. The lowest BCUT2D eigenvalue weighted by Gasteiger charge is -2.18. The maximum atomic E-state index is 4.01. The fourth-order valence-corrected chi connectivity index (χ4v) is 1.37. The summed E-state index contributed by atoms with van der Waals surface area (Å²) in [4.78, 5) is 6.15. The molecule has 0 N–H and O–H groups in total. The molecule has 0 aliphatic carbocycles. The van der Waals surface area contributed by atoms with Crippen molar-refractivity contribution in [3.8, 4) is 0 Å². The van der Waals surface area contributed by atoms with Crippen molar-refractivity contribution in [3.63, 3.8) is 0 Å². The van der Waals surface area contributed by atoms with E-state index in [1.807, 2.05) is 6.34 Å². The molecule has 1 fully saturated rings. The van der Waals surface area contributed by atoms with Crippen LogP contribution in [0.4, 0.5) is 0 Å². The zero-order valence-electron chi connectivity index (χ0n) is 7.21. The molecule has 0 unspecified atom stereocenters. The number of allylic oxidation sites excluding steroid dienone is 1. The molecule has 0 aromatic carbocycles. The summed E-state index contributed by atoms with van der Waals surface area (Å²) in [6.07, 6.45) is 6.89. The molecule has 62 valence electrons. The Kier molecular flexibility index (Phi) is 3.14. The fraction of sp³-hybridized carbons (Fsp3) is 0.667. The largest absolute Gasteiger partial charge is 0.337 e. The molecule has 1 rings (SSSR count). The average Bonchev–Trinajstić information content (AvgIpc) is 2.18. The Morgan fingerprint density at radius 1 is 1.45 bits per heavy atom. The standard InChI is InChI=1S/C9H16N2/c1-9-6-4-3-5-7-11(9)8-10-2/h8H,1,3-7H2,2H3/b10-8+. The van der Waals surface area contributed by atoms with Crippen LogP contribution in [0.2, 0.25) is 0 Å². The summed E-state index contributed by atoms with van der Waals surface area (Å²) in [5.74, 6) is 0. The quantitative estimate of drug-likeness (QED) is 0.414. The van der Waals surface area contributed by atoms with Gasteiger partial charge >= 0.3 is 0 Å². The summed E-state index contributed by atoms with van der Waals surface area (Å²) in [6, 6.07) is 0. The number of nitrogens with zero attached hydrogens (tertiary/aromatic N) is 2. The van der Waals surface area contributed by atoms with Gasteiger partial charge in [-0.05, 0) is 19.3 Å². The smallest absolute Gasteiger partial charge is 0.0888 e. The molecule has 1 aliphatic heterocycles. The molecule has 0 aromatic rings. The van der Waals surface area contributed by atoms with Gasteiger partial charge in [0.1, 0.15) is 0 Å². The van der Waals surface area contributed by atoms with Crippen LogP contribution in [0.25, 0.3) is 0 Å². The van der Waals surface area contributed by atoms with Crippen LogP contribution in [0.15, 0.2) is 17.3 Å². The molecule has 0 aromatic heterocycles. The molecular formula is C9H16N2. The van der Waals surface area contributed by atoms with Crippen molar-refractivity contribution >= 4 is 6.34 Å². The first-order valence-electron chi connectivity index (χ1n) is 4.21. The van der Waals surface area contributed by atoms with Crippen molar-refractivity contribution in [1.29, 1.82) is 0 Å². The number of rotatable bonds is 1. The van der Waals surface area contributed by atoms with Crippen molar-refractivity contribution in [3.05, 3.63) is 12.3 Å². The van der Waals surface area contributed by atoms with E-state index in [0.29, 0.717) is 0 Å². The van der Waals surface area contributed by atoms with Crippen molar-refractivity contribution in [2.24, 2.45) is 4.99 Å². The fourth-order valence-electron chi connectivity index (χ4n) is 1.37. The molecule has 1 heterocycles. The lowest BCUT2D eigenvalue weighted by molar-refractivity contribution is 0.523. The average molecular weight is 152 g/mol. The highest BCUT2D eigenvalue weighted by Gasteiger charge is 2.08. The van der Waals surface area contributed by atoms with Crippen LogP contribution in [0.1, 0.15) is 25.7 Å². The van der Waals surface area contributed by atoms with Crippen molar-refractivity contribution < 1.29 is 0 Å². The summed E-state index contributed by atoms with van der Waals surface area (Å²) in [6.45, 7) is 5.10. The number of hydrogen-bond acceptors (Lipinski definition) is 1. The van der Waals surface area contributed by atoms with Crippen LogP contribution >= 0.6 is 0 Å². The number of aliphatic imine (C=N–C) groups is 1. The number of likely N-dealkylation sites (tertiary alicyclic amines) is 1. The first-order valence-corrected chi connectivity index (χ1v) is 4.21. The first-order chi connectivity index (χ1) is 5.34. The Labute approximate surface area is 68.6 Å². The normalized spacial score (nSPS) is 20.8. The van der Waals surface area contributed by atoms with Crippen molar-refractivity contribution in [1.82, 2.24) is 4.90 Å². The Balaban J connectivity index is 2.52. The van der Waals surface area contributed by atoms with Gasteiger partial charge in [0.2, 0.25) is 0 Å². The van der Waals surface area contributed by atoms with E-state index >= 15 is 0 Å². The Hall–Kier alpha value is -0.790. The van der Waals surface area contributed by atoms with E-state index in [4.69, 9.17) is 0 Å². The molecule has 0 bridgehead atoms. The third-order valence-electron chi connectivity index (χ3n) is 2.03. The molecule has 0 spiro atoms. The maximum Gasteiger partial charge on any atom is 0.0888 e. The Bertz CT molecular complexity index is 161. The van der Waals surface area contributed by atoms with Gasteiger partial charge in [-0.25, -0.2) is 0 Å². The second-order valence-corrected chi connectivity index (χ2v) is 2.94. The molecule has 11 heavy (non-hydrogen) atoms. The molecule has 2 heteroatoms. The summed E-state index contributed by atoms with van der Waals surface area (Å²) >= 11 is 0. The highest BCUT2D eigenvalue weighted by Crippen LogP contribution is 2.16. The molecule has 1 saturated heterocycles. The van der Waals surface area contributed by atoms with Crippen LogP contribution in [-0.4, -0.2) is 24.8 Å². The zero-order valence-corrected chi connectivity index (χ0v) is 7.21. The first kappa shape index (κ1) is 8.31. The van der Waals surface area contributed by atoms with E-state index in [9.17, 15) is 0 Å². The van der Waals surface area contributed by atoms with Gasteiger partial charge in [-0.2, -0.15) is 0 Å². The third-order valence-corrected chi connectivity index (χ3v) is 2.03. The third kappa shape index (κ3) is 2.37. The van der Waals surface area contributed by atoms with Crippen LogP contribution in [0.3, 0.4) is 0 Å². The topological polar surface area (TPSA) is 15.6 Å². The molecule has 2 nitrogen and oxygen atoms in total. The van der Waals surface area contributed by atoms with Gasteiger partial charge in [0.25, 0.3) is 0 Å². The zero-order chi connectivity index (χ0) is 8.10. The molecule has 0 amide bonds. The molecule has 0 radical (unpaired) electrons. The van der Waals surface area contributed by atoms with Gasteiger partial charge in [0.05, 0.1) is 6.34 Å². The summed E-state index contributed by atoms with van der Waals surface area (Å²) in [5, 5.41) is 0. The minimum atomic E-state index is 1.09. The van der Waals surface area contributed by atoms with Gasteiger partial charge in [-0.3, -0.25) is 4.99 Å². The molecular weight excluding hydrogens is 136 g/mol. The highest BCUT2D eigenvalue weighted by molar-refractivity contribution is 5.57. The molecule has 0 atom stereocenters. The van der Waals surface area contributed by atoms with Crippen LogP contribution in [0, 0.1) is 0 Å². The summed E-state index contributed by atoms with van der Waals surface area (Å²) in [7, 11) is 1.80. The van der Waals surface area contributed by atoms with E-state index in [1.54, 1.807) is 7.05 Å². The van der Waals surface area contributed by atoms with Crippen molar-refractivity contribution in [2.45, 2.75) is 25.7 Å². The molecule has 0 saturated carbocycles. The van der Waals surface area contributed by atoms with E-state index in [1.165, 1.54) is 25.0 Å². The Morgan fingerprint density at radius 3 is 3.00 bits per heavy atom. The predicted octanol–water partition coefficient (Wildman–Crippen LogP) is 2.03. The maximum absolute atomic E-state index is 4.01. The minimum absolute atomic E-state index is 1.09. The SMILES string of the molecule is C=C1CCCCCN1/C=N/C. The van der Waals surface area contributed by atoms with Crippen LogP contribution in [-0.2, 0) is 0 Å². The molecule has 1 aliphatic rings. The van der Waals surface area contributed by atoms with Crippen LogP contribution in [0.5, 0.6) is 0 Å². The van der Waals surface area contributed by atoms with Gasteiger partial charge in [-0.15, -0.1) is 0 Å². The van der Waals surface area contributed by atoms with E-state index < -0.39 is 0 Å². The second-order valence-electron chi connectivity index (χ2n) is 2.94. The monoisotopic (exact) mass is 152 g/mol. The summed E-state index contributed by atoms with van der Waals surface area (Å²) in [5.41, 5.74) is 1.22. The van der Waals surface area contributed by atoms with E-state index in [2.05, 4.69) is 16.5 Å². The Morgan fingerprint density at radius 2 is 2.27 bits per heavy atom.